The van der Waals surface area contributed by atoms with Gasteiger partial charge >= 0.3 is 5.97 Å². The van der Waals surface area contributed by atoms with E-state index in [0.29, 0.717) is 19.7 Å². The van der Waals surface area contributed by atoms with Crippen LogP contribution in [0.2, 0.25) is 0 Å². The number of halogens is 2. The maximum atomic E-state index is 13.1. The minimum absolute atomic E-state index is 0.108. The summed E-state index contributed by atoms with van der Waals surface area (Å²) in [5.41, 5.74) is 0.233. The number of quaternary nitrogens is 1. The number of benzene rings is 1. The van der Waals surface area contributed by atoms with Gasteiger partial charge in [0.05, 0.1) is 32.7 Å². The molecular formula is C17H23F2N2O3+. The van der Waals surface area contributed by atoms with E-state index in [1.165, 1.54) is 11.0 Å². The normalized spacial score (nSPS) is 20.5. The molecule has 0 saturated carbocycles. The van der Waals surface area contributed by atoms with Gasteiger partial charge in [0.2, 0.25) is 5.91 Å². The molecular weight excluding hydrogens is 318 g/mol. The third-order valence-corrected chi connectivity index (χ3v) is 4.15. The molecule has 0 aliphatic carbocycles. The second-order valence-corrected chi connectivity index (χ2v) is 5.97. The molecule has 0 radical (unpaired) electrons. The number of esters is 1. The van der Waals surface area contributed by atoms with Crippen LogP contribution in [0.4, 0.5) is 14.5 Å². The predicted molar refractivity (Wildman–Crippen MR) is 84.5 cm³/mol. The molecule has 1 fully saturated rings. The molecule has 2 atom stereocenters. The number of likely N-dealkylation sites (tertiary alicyclic amines) is 1. The molecule has 0 aromatic heterocycles. The molecule has 0 bridgehead atoms. The van der Waals surface area contributed by atoms with E-state index in [-0.39, 0.29) is 29.9 Å². The molecule has 24 heavy (non-hydrogen) atoms. The molecule has 0 spiro atoms. The summed E-state index contributed by atoms with van der Waals surface area (Å²) < 4.78 is 31.0. The summed E-state index contributed by atoms with van der Waals surface area (Å²) in [5, 5.41) is 2.55. The molecule has 1 heterocycles. The van der Waals surface area contributed by atoms with Crippen molar-refractivity contribution in [2.24, 2.45) is 5.92 Å². The number of hydrogen-bond acceptors (Lipinski definition) is 3. The van der Waals surface area contributed by atoms with E-state index in [1.54, 1.807) is 6.92 Å². The Morgan fingerprint density at radius 1 is 1.33 bits per heavy atom. The summed E-state index contributed by atoms with van der Waals surface area (Å²) in [7, 11) is 0. The Balaban J connectivity index is 1.78. The Morgan fingerprint density at radius 3 is 2.83 bits per heavy atom. The molecule has 2 N–H and O–H groups in total. The van der Waals surface area contributed by atoms with Crippen LogP contribution in [0, 0.1) is 17.6 Å². The van der Waals surface area contributed by atoms with Crippen LogP contribution < -0.4 is 10.2 Å². The zero-order chi connectivity index (χ0) is 17.5. The summed E-state index contributed by atoms with van der Waals surface area (Å²) in [6, 6.07) is 3.25. The summed E-state index contributed by atoms with van der Waals surface area (Å²) >= 11 is 0. The minimum Gasteiger partial charge on any atom is -0.466 e. The van der Waals surface area contributed by atoms with Gasteiger partial charge in [0, 0.05) is 11.8 Å². The quantitative estimate of drug-likeness (QED) is 0.763. The van der Waals surface area contributed by atoms with Crippen LogP contribution in [0.5, 0.6) is 0 Å². The lowest BCUT2D eigenvalue weighted by Crippen LogP contribution is -3.13. The predicted octanol–water partition coefficient (Wildman–Crippen LogP) is 1.15. The Bertz CT molecular complexity index is 595. The molecule has 1 aliphatic rings. The second kappa shape index (κ2) is 8.73. The number of hydrogen-bond donors (Lipinski definition) is 2. The van der Waals surface area contributed by atoms with Gasteiger partial charge in [-0.2, -0.15) is 0 Å². The van der Waals surface area contributed by atoms with Gasteiger partial charge < -0.3 is 15.0 Å². The number of nitrogens with one attached hydrogen (secondary N) is 2. The SMILES string of the molecule is CCOC(=O)[C@@H]1CCC[NH+](CCC(=O)Nc2ccc(F)c(F)c2)C1. The van der Waals surface area contributed by atoms with Crippen molar-refractivity contribution >= 4 is 17.6 Å². The van der Waals surface area contributed by atoms with Crippen LogP contribution in [-0.4, -0.2) is 38.1 Å². The number of carbonyl (C=O) groups excluding carboxylic acids is 2. The zero-order valence-corrected chi connectivity index (χ0v) is 13.7. The third kappa shape index (κ3) is 5.26. The molecule has 2 rings (SSSR count). The number of carbonyl (C=O) groups is 2. The van der Waals surface area contributed by atoms with Gasteiger partial charge in [-0.15, -0.1) is 0 Å². The van der Waals surface area contributed by atoms with Gasteiger partial charge in [-0.1, -0.05) is 0 Å². The number of piperidine rings is 1. The van der Waals surface area contributed by atoms with Crippen molar-refractivity contribution in [3.63, 3.8) is 0 Å². The van der Waals surface area contributed by atoms with E-state index in [9.17, 15) is 18.4 Å². The first kappa shape index (κ1) is 18.3. The lowest BCUT2D eigenvalue weighted by Gasteiger charge is -2.28. The Kier molecular flexibility index (Phi) is 6.66. The Labute approximate surface area is 140 Å². The van der Waals surface area contributed by atoms with Crippen molar-refractivity contribution in [2.75, 3.05) is 31.6 Å². The number of amides is 1. The van der Waals surface area contributed by atoms with Crippen LogP contribution in [0.15, 0.2) is 18.2 Å². The topological polar surface area (TPSA) is 59.8 Å². The second-order valence-electron chi connectivity index (χ2n) is 5.97. The van der Waals surface area contributed by atoms with E-state index in [0.717, 1.165) is 31.5 Å². The fourth-order valence-electron chi connectivity index (χ4n) is 2.93. The molecule has 1 aliphatic heterocycles. The Hall–Kier alpha value is -2.02. The highest BCUT2D eigenvalue weighted by molar-refractivity contribution is 5.90. The standard InChI is InChI=1S/C17H22F2N2O3/c1-2-24-17(23)12-4-3-8-21(11-12)9-7-16(22)20-13-5-6-14(18)15(19)10-13/h5-6,10,12H,2-4,7-9,11H2,1H3,(H,20,22)/p+1/t12-/m1/s1. The van der Waals surface area contributed by atoms with E-state index in [2.05, 4.69) is 5.32 Å². The van der Waals surface area contributed by atoms with Crippen molar-refractivity contribution in [1.29, 1.82) is 0 Å². The average Bonchev–Trinajstić information content (AvgIpc) is 2.57. The van der Waals surface area contributed by atoms with Gasteiger partial charge in [-0.25, -0.2) is 8.78 Å². The smallest absolute Gasteiger partial charge is 0.314 e. The highest BCUT2D eigenvalue weighted by atomic mass is 19.2. The highest BCUT2D eigenvalue weighted by Crippen LogP contribution is 2.13. The average molecular weight is 341 g/mol. The van der Waals surface area contributed by atoms with Crippen molar-refractivity contribution in [3.05, 3.63) is 29.8 Å². The maximum Gasteiger partial charge on any atom is 0.314 e. The summed E-state index contributed by atoms with van der Waals surface area (Å²) in [5.74, 6) is -2.47. The number of ether oxygens (including phenoxy) is 1. The van der Waals surface area contributed by atoms with Crippen LogP contribution in [-0.2, 0) is 14.3 Å². The maximum absolute atomic E-state index is 13.1. The fraction of sp³-hybridized carbons (Fsp3) is 0.529. The van der Waals surface area contributed by atoms with Gasteiger partial charge in [0.1, 0.15) is 5.92 Å². The third-order valence-electron chi connectivity index (χ3n) is 4.15. The molecule has 132 valence electrons. The number of anilines is 1. The van der Waals surface area contributed by atoms with Gasteiger partial charge in [0.25, 0.3) is 0 Å². The lowest BCUT2D eigenvalue weighted by atomic mass is 9.98. The first-order chi connectivity index (χ1) is 11.5. The molecule has 7 heteroatoms. The molecule has 1 saturated heterocycles. The van der Waals surface area contributed by atoms with Gasteiger partial charge in [-0.3, -0.25) is 9.59 Å². The first-order valence-electron chi connectivity index (χ1n) is 8.24. The monoisotopic (exact) mass is 341 g/mol. The fourth-order valence-corrected chi connectivity index (χ4v) is 2.93. The molecule has 1 aromatic rings. The summed E-state index contributed by atoms with van der Waals surface area (Å²) in [6.07, 6.45) is 2.00. The van der Waals surface area contributed by atoms with Crippen molar-refractivity contribution in [1.82, 2.24) is 0 Å². The van der Waals surface area contributed by atoms with E-state index in [4.69, 9.17) is 4.74 Å². The lowest BCUT2D eigenvalue weighted by molar-refractivity contribution is -0.906. The Morgan fingerprint density at radius 2 is 2.12 bits per heavy atom. The van der Waals surface area contributed by atoms with E-state index in [1.807, 2.05) is 0 Å². The molecule has 1 unspecified atom stereocenters. The van der Waals surface area contributed by atoms with Gasteiger partial charge in [0.15, 0.2) is 11.6 Å². The van der Waals surface area contributed by atoms with E-state index >= 15 is 0 Å². The zero-order valence-electron chi connectivity index (χ0n) is 13.7. The van der Waals surface area contributed by atoms with Gasteiger partial charge in [-0.05, 0) is 31.9 Å². The number of rotatable bonds is 6. The molecule has 1 amide bonds. The minimum atomic E-state index is -0.994. The van der Waals surface area contributed by atoms with Crippen molar-refractivity contribution < 1.29 is 28.0 Å². The molecule has 1 aromatic carbocycles. The largest absolute Gasteiger partial charge is 0.466 e. The van der Waals surface area contributed by atoms with Crippen LogP contribution in [0.1, 0.15) is 26.2 Å². The van der Waals surface area contributed by atoms with Crippen LogP contribution in [0.25, 0.3) is 0 Å². The van der Waals surface area contributed by atoms with Crippen LogP contribution in [0.3, 0.4) is 0 Å². The summed E-state index contributed by atoms with van der Waals surface area (Å²) in [4.78, 5) is 24.9. The first-order valence-corrected chi connectivity index (χ1v) is 8.24. The summed E-state index contributed by atoms with van der Waals surface area (Å²) in [6.45, 7) is 4.33. The highest BCUT2D eigenvalue weighted by Gasteiger charge is 2.29. The molecule has 5 nitrogen and oxygen atoms in total. The van der Waals surface area contributed by atoms with Crippen LogP contribution >= 0.6 is 0 Å². The van der Waals surface area contributed by atoms with Crippen molar-refractivity contribution in [2.45, 2.75) is 26.2 Å². The van der Waals surface area contributed by atoms with E-state index < -0.39 is 11.6 Å². The van der Waals surface area contributed by atoms with Crippen molar-refractivity contribution in [3.8, 4) is 0 Å².